The number of hydrogen-bond acceptors (Lipinski definition) is 6. The Balaban J connectivity index is 1.63. The van der Waals surface area contributed by atoms with Gasteiger partial charge in [-0.15, -0.1) is 0 Å². The van der Waals surface area contributed by atoms with Gasteiger partial charge < -0.3 is 16.0 Å². The molecule has 0 saturated heterocycles. The highest BCUT2D eigenvalue weighted by molar-refractivity contribution is 6.31. The fourth-order valence-electron chi connectivity index (χ4n) is 2.59. The van der Waals surface area contributed by atoms with Crippen LogP contribution in [0.5, 0.6) is 0 Å². The van der Waals surface area contributed by atoms with E-state index in [1.165, 1.54) is 23.1 Å². The number of amides is 1. The largest absolute Gasteiger partial charge is 0.366 e. The monoisotopic (exact) mass is 435 g/mol. The van der Waals surface area contributed by atoms with Crippen molar-refractivity contribution < 1.29 is 13.6 Å². The number of rotatable bonds is 8. The normalized spacial score (nSPS) is 10.9. The molecule has 8 nitrogen and oxygen atoms in total. The van der Waals surface area contributed by atoms with E-state index >= 15 is 0 Å². The van der Waals surface area contributed by atoms with Gasteiger partial charge in [0.2, 0.25) is 11.9 Å². The van der Waals surface area contributed by atoms with Gasteiger partial charge in [0.25, 0.3) is 0 Å². The molecule has 0 radical (unpaired) electrons. The molecule has 0 atom stereocenters. The van der Waals surface area contributed by atoms with Crippen LogP contribution in [0.15, 0.2) is 36.8 Å². The number of carbonyl (C=O) groups excluding carboxylic acids is 1. The second kappa shape index (κ2) is 9.49. The minimum atomic E-state index is -1.00. The van der Waals surface area contributed by atoms with Gasteiger partial charge in [0.05, 0.1) is 11.9 Å². The highest BCUT2D eigenvalue weighted by Gasteiger charge is 2.13. The molecule has 0 bridgehead atoms. The van der Waals surface area contributed by atoms with Crippen molar-refractivity contribution in [2.75, 3.05) is 10.6 Å². The summed E-state index contributed by atoms with van der Waals surface area (Å²) in [6.07, 6.45) is 4.68. The molecule has 1 amide bonds. The Morgan fingerprint density at radius 2 is 2.07 bits per heavy atom. The minimum Gasteiger partial charge on any atom is -0.366 e. The first-order valence-corrected chi connectivity index (χ1v) is 9.47. The van der Waals surface area contributed by atoms with Gasteiger partial charge >= 0.3 is 0 Å². The van der Waals surface area contributed by atoms with Gasteiger partial charge in [-0.25, -0.2) is 13.8 Å². The average molecular weight is 436 g/mol. The molecule has 0 aliphatic carbocycles. The van der Waals surface area contributed by atoms with Crippen molar-refractivity contribution in [1.29, 1.82) is 0 Å². The first-order valence-electron chi connectivity index (χ1n) is 9.10. The van der Waals surface area contributed by atoms with Crippen LogP contribution >= 0.6 is 11.6 Å². The molecule has 30 heavy (non-hydrogen) atoms. The number of benzene rings is 1. The van der Waals surface area contributed by atoms with Crippen molar-refractivity contribution in [2.45, 2.75) is 33.0 Å². The molecule has 0 unspecified atom stereocenters. The van der Waals surface area contributed by atoms with Crippen LogP contribution in [0.1, 0.15) is 19.4 Å². The van der Waals surface area contributed by atoms with Gasteiger partial charge in [-0.1, -0.05) is 11.6 Å². The van der Waals surface area contributed by atoms with Gasteiger partial charge in [0.1, 0.15) is 12.4 Å². The van der Waals surface area contributed by atoms with E-state index in [1.54, 1.807) is 12.3 Å². The third-order valence-corrected chi connectivity index (χ3v) is 4.24. The molecule has 0 fully saturated rings. The van der Waals surface area contributed by atoms with Crippen LogP contribution in [-0.2, 0) is 17.9 Å². The van der Waals surface area contributed by atoms with Crippen LogP contribution < -0.4 is 16.0 Å². The second-order valence-electron chi connectivity index (χ2n) is 6.71. The number of halogens is 3. The summed E-state index contributed by atoms with van der Waals surface area (Å²) >= 11 is 5.94. The molecular formula is C19H20ClF2N7O. The minimum absolute atomic E-state index is 0.00531. The molecule has 1 aromatic carbocycles. The van der Waals surface area contributed by atoms with Crippen molar-refractivity contribution >= 4 is 35.0 Å². The summed E-state index contributed by atoms with van der Waals surface area (Å²) in [5.74, 6) is -1.48. The zero-order valence-electron chi connectivity index (χ0n) is 16.3. The van der Waals surface area contributed by atoms with E-state index in [4.69, 9.17) is 11.6 Å². The highest BCUT2D eigenvalue weighted by atomic mass is 35.5. The SMILES string of the molecule is CC(C)NC(=O)Cn1cc(Nc2nccc(NCc3c(Cl)ccc(F)c3F)n2)cn1. The third kappa shape index (κ3) is 5.63. The maximum absolute atomic E-state index is 13.9. The number of nitrogens with zero attached hydrogens (tertiary/aromatic N) is 4. The lowest BCUT2D eigenvalue weighted by molar-refractivity contribution is -0.122. The third-order valence-electron chi connectivity index (χ3n) is 3.89. The fraction of sp³-hybridized carbons (Fsp3) is 0.263. The predicted octanol–water partition coefficient (Wildman–Crippen LogP) is 3.49. The van der Waals surface area contributed by atoms with Crippen molar-refractivity contribution in [3.8, 4) is 0 Å². The number of carbonyl (C=O) groups is 1. The van der Waals surface area contributed by atoms with E-state index in [0.717, 1.165) is 6.07 Å². The molecule has 3 N–H and O–H groups in total. The van der Waals surface area contributed by atoms with E-state index in [-0.39, 0.29) is 41.6 Å². The lowest BCUT2D eigenvalue weighted by Gasteiger charge is -2.10. The quantitative estimate of drug-likeness (QED) is 0.469. The van der Waals surface area contributed by atoms with Crippen LogP contribution in [0.3, 0.4) is 0 Å². The van der Waals surface area contributed by atoms with Crippen LogP contribution in [0.25, 0.3) is 0 Å². The van der Waals surface area contributed by atoms with Gasteiger partial charge in [-0.05, 0) is 32.0 Å². The predicted molar refractivity (Wildman–Crippen MR) is 110 cm³/mol. The molecule has 0 aliphatic heterocycles. The standard InChI is InChI=1S/C19H20ClF2N7O/c1-11(2)26-17(30)10-29-9-12(7-25-29)27-19-23-6-5-16(28-19)24-8-13-14(20)3-4-15(21)18(13)22/h3-7,9,11H,8,10H2,1-2H3,(H,26,30)(H2,23,24,27,28). The highest BCUT2D eigenvalue weighted by Crippen LogP contribution is 2.22. The first-order chi connectivity index (χ1) is 14.3. The summed E-state index contributed by atoms with van der Waals surface area (Å²) in [5, 5.41) is 12.9. The van der Waals surface area contributed by atoms with Crippen LogP contribution in [-0.4, -0.2) is 31.7 Å². The van der Waals surface area contributed by atoms with E-state index in [0.29, 0.717) is 11.5 Å². The molecule has 2 heterocycles. The van der Waals surface area contributed by atoms with Crippen molar-refractivity contribution in [2.24, 2.45) is 0 Å². The van der Waals surface area contributed by atoms with E-state index < -0.39 is 11.6 Å². The van der Waals surface area contributed by atoms with Crippen molar-refractivity contribution in [3.05, 3.63) is 59.0 Å². The Morgan fingerprint density at radius 1 is 1.27 bits per heavy atom. The molecule has 3 rings (SSSR count). The molecule has 0 spiro atoms. The van der Waals surface area contributed by atoms with E-state index in [9.17, 15) is 13.6 Å². The molecule has 158 valence electrons. The zero-order valence-corrected chi connectivity index (χ0v) is 17.0. The fourth-order valence-corrected chi connectivity index (χ4v) is 2.80. The number of nitrogens with one attached hydrogen (secondary N) is 3. The number of anilines is 3. The maximum Gasteiger partial charge on any atom is 0.241 e. The van der Waals surface area contributed by atoms with Crippen molar-refractivity contribution in [3.63, 3.8) is 0 Å². The Hall–Kier alpha value is -3.27. The lowest BCUT2D eigenvalue weighted by atomic mass is 10.2. The lowest BCUT2D eigenvalue weighted by Crippen LogP contribution is -2.33. The van der Waals surface area contributed by atoms with Gasteiger partial charge in [0, 0.05) is 35.6 Å². The molecule has 2 aromatic heterocycles. The van der Waals surface area contributed by atoms with Crippen molar-refractivity contribution in [1.82, 2.24) is 25.1 Å². The number of hydrogen-bond donors (Lipinski definition) is 3. The van der Waals surface area contributed by atoms with E-state index in [2.05, 4.69) is 31.0 Å². The summed E-state index contributed by atoms with van der Waals surface area (Å²) in [5.41, 5.74) is 0.592. The van der Waals surface area contributed by atoms with Gasteiger partial charge in [0.15, 0.2) is 11.6 Å². The average Bonchev–Trinajstić information content (AvgIpc) is 3.11. The summed E-state index contributed by atoms with van der Waals surface area (Å²) in [6.45, 7) is 3.79. The number of aromatic nitrogens is 4. The summed E-state index contributed by atoms with van der Waals surface area (Å²) in [4.78, 5) is 20.2. The zero-order chi connectivity index (χ0) is 21.7. The molecular weight excluding hydrogens is 416 g/mol. The van der Waals surface area contributed by atoms with Crippen LogP contribution in [0, 0.1) is 11.6 Å². The topological polar surface area (TPSA) is 96.8 Å². The Labute approximate surface area is 176 Å². The Morgan fingerprint density at radius 3 is 2.83 bits per heavy atom. The molecule has 0 aliphatic rings. The molecule has 3 aromatic rings. The van der Waals surface area contributed by atoms with Crippen LogP contribution in [0.4, 0.5) is 26.2 Å². The summed E-state index contributed by atoms with van der Waals surface area (Å²) in [6, 6.07) is 3.89. The Kier molecular flexibility index (Phi) is 6.78. The second-order valence-corrected chi connectivity index (χ2v) is 7.12. The first kappa shape index (κ1) is 21.4. The summed E-state index contributed by atoms with van der Waals surface area (Å²) < 4.78 is 28.8. The van der Waals surface area contributed by atoms with Gasteiger partial charge in [-0.2, -0.15) is 10.1 Å². The molecule has 0 saturated carbocycles. The Bertz CT molecular complexity index is 1040. The smallest absolute Gasteiger partial charge is 0.241 e. The molecule has 11 heteroatoms. The van der Waals surface area contributed by atoms with Gasteiger partial charge in [-0.3, -0.25) is 9.48 Å². The van der Waals surface area contributed by atoms with Crippen LogP contribution in [0.2, 0.25) is 5.02 Å². The van der Waals surface area contributed by atoms with E-state index in [1.807, 2.05) is 13.8 Å². The summed E-state index contributed by atoms with van der Waals surface area (Å²) in [7, 11) is 0. The maximum atomic E-state index is 13.9.